The molecule has 128 valence electrons. The third kappa shape index (κ3) is 3.41. The first-order valence-electron chi connectivity index (χ1n) is 7.45. The minimum Gasteiger partial charge on any atom is -0.507 e. The van der Waals surface area contributed by atoms with Crippen molar-refractivity contribution in [3.05, 3.63) is 66.2 Å². The van der Waals surface area contributed by atoms with Gasteiger partial charge in [-0.3, -0.25) is 0 Å². The lowest BCUT2D eigenvalue weighted by Crippen LogP contribution is -2.20. The van der Waals surface area contributed by atoms with E-state index in [1.807, 2.05) is 24.3 Å². The Morgan fingerprint density at radius 3 is 2.24 bits per heavy atom. The van der Waals surface area contributed by atoms with Gasteiger partial charge in [-0.25, -0.2) is 0 Å². The summed E-state index contributed by atoms with van der Waals surface area (Å²) in [5.74, 6) is -0.377. The van der Waals surface area contributed by atoms with Crippen LogP contribution in [0.5, 0.6) is 11.5 Å². The molecule has 0 fully saturated rings. The van der Waals surface area contributed by atoms with Crippen LogP contribution in [-0.2, 0) is 10.0 Å². The molecule has 25 heavy (non-hydrogen) atoms. The molecular weight excluding hydrogens is 340 g/mol. The summed E-state index contributed by atoms with van der Waals surface area (Å²) in [4.78, 5) is 2.20. The maximum atomic E-state index is 12.4. The van der Waals surface area contributed by atoms with Gasteiger partial charge in [-0.1, -0.05) is 36.4 Å². The van der Waals surface area contributed by atoms with Gasteiger partial charge in [0.2, 0.25) is 0 Å². The Labute approximate surface area is 145 Å². The maximum Gasteiger partial charge on any atom is 0.276 e. The minimum atomic E-state index is -3.88. The van der Waals surface area contributed by atoms with Crippen LogP contribution < -0.4 is 4.83 Å². The molecular formula is C18H16N2O4S. The van der Waals surface area contributed by atoms with Crippen LogP contribution in [0.25, 0.3) is 10.8 Å². The van der Waals surface area contributed by atoms with E-state index < -0.39 is 10.0 Å². The SMILES string of the molecule is CC(=NNS(=O)(=O)c1ccc2ccccc2c1)c1c(O)cccc1O. The van der Waals surface area contributed by atoms with Crippen LogP contribution >= 0.6 is 0 Å². The van der Waals surface area contributed by atoms with Gasteiger partial charge < -0.3 is 10.2 Å². The van der Waals surface area contributed by atoms with Gasteiger partial charge in [0.25, 0.3) is 10.0 Å². The van der Waals surface area contributed by atoms with Crippen molar-refractivity contribution in [2.45, 2.75) is 11.8 Å². The zero-order chi connectivity index (χ0) is 18.0. The van der Waals surface area contributed by atoms with Crippen LogP contribution in [0.4, 0.5) is 0 Å². The van der Waals surface area contributed by atoms with E-state index in [9.17, 15) is 18.6 Å². The van der Waals surface area contributed by atoms with Crippen molar-refractivity contribution < 1.29 is 18.6 Å². The highest BCUT2D eigenvalue weighted by Crippen LogP contribution is 2.27. The number of phenolic OH excluding ortho intramolecular Hbond substituents is 2. The van der Waals surface area contributed by atoms with Crippen molar-refractivity contribution in [1.82, 2.24) is 4.83 Å². The van der Waals surface area contributed by atoms with Gasteiger partial charge in [0, 0.05) is 0 Å². The molecule has 0 aliphatic carbocycles. The van der Waals surface area contributed by atoms with Crippen molar-refractivity contribution >= 4 is 26.5 Å². The molecule has 6 nitrogen and oxygen atoms in total. The van der Waals surface area contributed by atoms with Gasteiger partial charge in [0.1, 0.15) is 11.5 Å². The summed E-state index contributed by atoms with van der Waals surface area (Å²) in [5, 5.41) is 25.1. The highest BCUT2D eigenvalue weighted by molar-refractivity contribution is 7.89. The maximum absolute atomic E-state index is 12.4. The van der Waals surface area contributed by atoms with Crippen molar-refractivity contribution in [2.75, 3.05) is 0 Å². The van der Waals surface area contributed by atoms with Gasteiger partial charge >= 0.3 is 0 Å². The number of hydrazone groups is 1. The molecule has 3 aromatic rings. The second-order valence-electron chi connectivity index (χ2n) is 5.47. The number of fused-ring (bicyclic) bond motifs is 1. The fraction of sp³-hybridized carbons (Fsp3) is 0.0556. The van der Waals surface area contributed by atoms with E-state index in [0.717, 1.165) is 10.8 Å². The lowest BCUT2D eigenvalue weighted by atomic mass is 10.1. The molecule has 0 radical (unpaired) electrons. The van der Waals surface area contributed by atoms with Crippen LogP contribution in [0.1, 0.15) is 12.5 Å². The first-order chi connectivity index (χ1) is 11.9. The van der Waals surface area contributed by atoms with Gasteiger partial charge in [0.05, 0.1) is 16.2 Å². The molecule has 0 spiro atoms. The summed E-state index contributed by atoms with van der Waals surface area (Å²) in [7, 11) is -3.88. The molecule has 0 amide bonds. The monoisotopic (exact) mass is 356 g/mol. The first-order valence-corrected chi connectivity index (χ1v) is 8.93. The molecule has 0 heterocycles. The van der Waals surface area contributed by atoms with E-state index in [0.29, 0.717) is 0 Å². The van der Waals surface area contributed by atoms with E-state index >= 15 is 0 Å². The number of nitrogens with one attached hydrogen (secondary N) is 1. The lowest BCUT2D eigenvalue weighted by molar-refractivity contribution is 0.448. The van der Waals surface area contributed by atoms with Crippen LogP contribution in [0.15, 0.2) is 70.7 Å². The number of hydrogen-bond donors (Lipinski definition) is 3. The summed E-state index contributed by atoms with van der Waals surface area (Å²) >= 11 is 0. The Bertz CT molecular complexity index is 1060. The number of benzene rings is 3. The van der Waals surface area contributed by atoms with Gasteiger partial charge in [-0.2, -0.15) is 18.4 Å². The number of nitrogens with zero attached hydrogens (tertiary/aromatic N) is 1. The van der Waals surface area contributed by atoms with Gasteiger partial charge in [-0.05, 0) is 42.0 Å². The predicted octanol–water partition coefficient (Wildman–Crippen LogP) is 2.95. The number of rotatable bonds is 4. The summed E-state index contributed by atoms with van der Waals surface area (Å²) in [6, 6.07) is 16.4. The Balaban J connectivity index is 1.92. The second-order valence-corrected chi connectivity index (χ2v) is 7.13. The fourth-order valence-corrected chi connectivity index (χ4v) is 3.36. The van der Waals surface area contributed by atoms with Crippen LogP contribution in [0.3, 0.4) is 0 Å². The summed E-state index contributed by atoms with van der Waals surface area (Å²) in [5.41, 5.74) is 0.212. The van der Waals surface area contributed by atoms with Gasteiger partial charge in [0.15, 0.2) is 0 Å². The molecule has 0 saturated carbocycles. The molecule has 3 N–H and O–H groups in total. The van der Waals surface area contributed by atoms with E-state index in [4.69, 9.17) is 0 Å². The number of sulfonamides is 1. The Hall–Kier alpha value is -3.06. The fourth-order valence-electron chi connectivity index (χ4n) is 2.47. The van der Waals surface area contributed by atoms with Crippen molar-refractivity contribution in [3.8, 4) is 11.5 Å². The molecule has 0 unspecified atom stereocenters. The average molecular weight is 356 g/mol. The average Bonchev–Trinajstić information content (AvgIpc) is 2.59. The van der Waals surface area contributed by atoms with Crippen molar-refractivity contribution in [3.63, 3.8) is 0 Å². The molecule has 3 rings (SSSR count). The topological polar surface area (TPSA) is 99.0 Å². The van der Waals surface area contributed by atoms with E-state index in [-0.39, 0.29) is 27.7 Å². The lowest BCUT2D eigenvalue weighted by Gasteiger charge is -2.08. The molecule has 0 aliphatic heterocycles. The van der Waals surface area contributed by atoms with Gasteiger partial charge in [-0.15, -0.1) is 0 Å². The first kappa shape index (κ1) is 16.8. The molecule has 3 aromatic carbocycles. The molecule has 0 saturated heterocycles. The number of aromatic hydroxyl groups is 2. The summed E-state index contributed by atoms with van der Waals surface area (Å²) in [6.45, 7) is 1.48. The second kappa shape index (κ2) is 6.45. The molecule has 0 aromatic heterocycles. The minimum absolute atomic E-state index is 0.0729. The van der Waals surface area contributed by atoms with Crippen LogP contribution in [0.2, 0.25) is 0 Å². The summed E-state index contributed by atoms with van der Waals surface area (Å²) in [6.07, 6.45) is 0. The molecule has 0 bridgehead atoms. The van der Waals surface area contributed by atoms with Crippen molar-refractivity contribution in [2.24, 2.45) is 5.10 Å². The summed E-state index contributed by atoms with van der Waals surface area (Å²) < 4.78 is 24.9. The van der Waals surface area contributed by atoms with Crippen LogP contribution in [-0.4, -0.2) is 24.3 Å². The highest BCUT2D eigenvalue weighted by atomic mass is 32.2. The quantitative estimate of drug-likeness (QED) is 0.494. The largest absolute Gasteiger partial charge is 0.507 e. The standard InChI is InChI=1S/C18H16N2O4S/c1-12(18-16(21)7-4-8-17(18)22)19-20-25(23,24)15-10-9-13-5-2-3-6-14(13)11-15/h2-11,20-22H,1H3. The number of phenols is 2. The predicted molar refractivity (Wildman–Crippen MR) is 96.3 cm³/mol. The Morgan fingerprint density at radius 1 is 0.920 bits per heavy atom. The highest BCUT2D eigenvalue weighted by Gasteiger charge is 2.15. The van der Waals surface area contributed by atoms with E-state index in [1.54, 1.807) is 12.1 Å². The van der Waals surface area contributed by atoms with Crippen LogP contribution in [0, 0.1) is 0 Å². The smallest absolute Gasteiger partial charge is 0.276 e. The van der Waals surface area contributed by atoms with Crippen molar-refractivity contribution in [1.29, 1.82) is 0 Å². The third-order valence-corrected chi connectivity index (χ3v) is 4.95. The number of hydrogen-bond acceptors (Lipinski definition) is 5. The third-order valence-electron chi connectivity index (χ3n) is 3.75. The van der Waals surface area contributed by atoms with E-state index in [1.165, 1.54) is 31.2 Å². The Kier molecular flexibility index (Phi) is 4.33. The Morgan fingerprint density at radius 2 is 1.56 bits per heavy atom. The normalized spacial score (nSPS) is 12.3. The zero-order valence-corrected chi connectivity index (χ0v) is 14.2. The molecule has 0 aliphatic rings. The molecule has 0 atom stereocenters. The van der Waals surface area contributed by atoms with E-state index in [2.05, 4.69) is 9.93 Å². The molecule has 7 heteroatoms. The zero-order valence-electron chi connectivity index (χ0n) is 13.3.